The van der Waals surface area contributed by atoms with Crippen LogP contribution in [0, 0.1) is 0 Å². The summed E-state index contributed by atoms with van der Waals surface area (Å²) < 4.78 is 5.18. The van der Waals surface area contributed by atoms with Gasteiger partial charge in [0, 0.05) is 6.42 Å². The maximum Gasteiger partial charge on any atom is 0.306 e. The fourth-order valence-corrected chi connectivity index (χ4v) is 2.68. The molecule has 1 aliphatic rings. The molecule has 0 radical (unpaired) electrons. The van der Waals surface area contributed by atoms with Crippen LogP contribution in [-0.4, -0.2) is 23.3 Å². The van der Waals surface area contributed by atoms with Gasteiger partial charge in [-0.2, -0.15) is 0 Å². The summed E-state index contributed by atoms with van der Waals surface area (Å²) in [4.78, 5) is 11.1. The van der Waals surface area contributed by atoms with E-state index in [1.165, 1.54) is 44.9 Å². The lowest BCUT2D eigenvalue weighted by molar-refractivity contribution is -0.161. The highest BCUT2D eigenvalue weighted by Gasteiger charge is 2.26. The molecule has 1 heterocycles. The number of carbonyl (C=O) groups is 1. The van der Waals surface area contributed by atoms with Crippen LogP contribution in [0.3, 0.4) is 0 Å². The van der Waals surface area contributed by atoms with Gasteiger partial charge in [0.25, 0.3) is 0 Å². The Labute approximate surface area is 117 Å². The second-order valence-corrected chi connectivity index (χ2v) is 5.75. The maximum atomic E-state index is 11.1. The molecule has 0 spiro atoms. The minimum absolute atomic E-state index is 0.147. The molecule has 1 aliphatic heterocycles. The van der Waals surface area contributed by atoms with Crippen LogP contribution in [0.15, 0.2) is 0 Å². The highest BCUT2D eigenvalue weighted by atomic mass is 16.6. The average Bonchev–Trinajstić information content (AvgIpc) is 2.41. The van der Waals surface area contributed by atoms with Gasteiger partial charge in [-0.15, -0.1) is 0 Å². The van der Waals surface area contributed by atoms with Gasteiger partial charge in [-0.3, -0.25) is 4.79 Å². The Hall–Kier alpha value is -0.570. The molecule has 2 atom stereocenters. The summed E-state index contributed by atoms with van der Waals surface area (Å²) in [6.07, 6.45) is 12.4. The van der Waals surface area contributed by atoms with Crippen molar-refractivity contribution < 1.29 is 14.6 Å². The molecule has 0 saturated carbocycles. The summed E-state index contributed by atoms with van der Waals surface area (Å²) in [6.45, 7) is 2.24. The second-order valence-electron chi connectivity index (χ2n) is 5.75. The van der Waals surface area contributed by atoms with E-state index in [2.05, 4.69) is 6.92 Å². The number of ether oxygens (including phenoxy) is 1. The molecule has 0 aromatic rings. The van der Waals surface area contributed by atoms with Crippen molar-refractivity contribution in [2.24, 2.45) is 0 Å². The van der Waals surface area contributed by atoms with Crippen LogP contribution in [0.25, 0.3) is 0 Å². The molecule has 19 heavy (non-hydrogen) atoms. The van der Waals surface area contributed by atoms with Crippen LogP contribution >= 0.6 is 0 Å². The van der Waals surface area contributed by atoms with Gasteiger partial charge < -0.3 is 9.84 Å². The molecular weight excluding hydrogens is 240 g/mol. The first-order chi connectivity index (χ1) is 9.24. The van der Waals surface area contributed by atoms with E-state index in [1.54, 1.807) is 0 Å². The van der Waals surface area contributed by atoms with E-state index in [9.17, 15) is 9.90 Å². The Morgan fingerprint density at radius 1 is 1.16 bits per heavy atom. The zero-order valence-corrected chi connectivity index (χ0v) is 12.4. The summed E-state index contributed by atoms with van der Waals surface area (Å²) in [7, 11) is 0. The number of hydrogen-bond acceptors (Lipinski definition) is 3. The Kier molecular flexibility index (Phi) is 8.89. The van der Waals surface area contributed by atoms with Gasteiger partial charge in [-0.1, -0.05) is 58.3 Å². The summed E-state index contributed by atoms with van der Waals surface area (Å²) in [6, 6.07) is 0. The molecule has 0 aromatic heterocycles. The molecule has 1 N–H and O–H groups in total. The van der Waals surface area contributed by atoms with E-state index in [0.29, 0.717) is 6.42 Å². The molecular formula is C16H30O3. The van der Waals surface area contributed by atoms with E-state index >= 15 is 0 Å². The standard InChI is InChI=1S/C16H30O3/c1-2-3-4-5-6-7-8-9-11-14(17)15-12-10-13-16(18)19-15/h14-15,17H,2-13H2,1H3/t14-,15?/m0/s1. The number of cyclic esters (lactones) is 1. The van der Waals surface area contributed by atoms with E-state index in [0.717, 1.165) is 25.7 Å². The third kappa shape index (κ3) is 7.56. The molecule has 1 rings (SSSR count). The van der Waals surface area contributed by atoms with E-state index in [4.69, 9.17) is 4.74 Å². The lowest BCUT2D eigenvalue weighted by atomic mass is 9.99. The lowest BCUT2D eigenvalue weighted by Gasteiger charge is -2.26. The normalized spacial score (nSPS) is 21.2. The van der Waals surface area contributed by atoms with Crippen molar-refractivity contribution in [2.75, 3.05) is 0 Å². The van der Waals surface area contributed by atoms with Gasteiger partial charge in [0.1, 0.15) is 6.10 Å². The third-order valence-corrected chi connectivity index (χ3v) is 3.93. The molecule has 0 amide bonds. The van der Waals surface area contributed by atoms with Crippen LogP contribution in [-0.2, 0) is 9.53 Å². The van der Waals surface area contributed by atoms with Crippen LogP contribution in [0.4, 0.5) is 0 Å². The molecule has 3 heteroatoms. The Morgan fingerprint density at radius 3 is 2.42 bits per heavy atom. The summed E-state index contributed by atoms with van der Waals surface area (Å²) in [5.41, 5.74) is 0. The fourth-order valence-electron chi connectivity index (χ4n) is 2.68. The predicted octanol–water partition coefficient (Wildman–Crippen LogP) is 3.97. The zero-order valence-electron chi connectivity index (χ0n) is 12.4. The number of hydrogen-bond donors (Lipinski definition) is 1. The minimum atomic E-state index is -0.454. The van der Waals surface area contributed by atoms with Crippen molar-refractivity contribution in [2.45, 2.75) is 96.2 Å². The van der Waals surface area contributed by atoms with E-state index in [1.807, 2.05) is 0 Å². The minimum Gasteiger partial charge on any atom is -0.460 e. The first-order valence-corrected chi connectivity index (χ1v) is 8.11. The van der Waals surface area contributed by atoms with Crippen molar-refractivity contribution in [1.29, 1.82) is 0 Å². The summed E-state index contributed by atoms with van der Waals surface area (Å²) >= 11 is 0. The van der Waals surface area contributed by atoms with Crippen molar-refractivity contribution >= 4 is 5.97 Å². The summed E-state index contributed by atoms with van der Waals surface area (Å²) in [5, 5.41) is 9.99. The molecule has 3 nitrogen and oxygen atoms in total. The van der Waals surface area contributed by atoms with Gasteiger partial charge in [-0.05, 0) is 19.3 Å². The number of esters is 1. The van der Waals surface area contributed by atoms with Crippen molar-refractivity contribution in [1.82, 2.24) is 0 Å². The monoisotopic (exact) mass is 270 g/mol. The quantitative estimate of drug-likeness (QED) is 0.482. The smallest absolute Gasteiger partial charge is 0.306 e. The number of aliphatic hydroxyl groups excluding tert-OH is 1. The molecule has 1 saturated heterocycles. The maximum absolute atomic E-state index is 11.1. The van der Waals surface area contributed by atoms with E-state index in [-0.39, 0.29) is 12.1 Å². The van der Waals surface area contributed by atoms with Gasteiger partial charge in [-0.25, -0.2) is 0 Å². The molecule has 1 fully saturated rings. The third-order valence-electron chi connectivity index (χ3n) is 3.93. The number of aliphatic hydroxyl groups is 1. The number of carbonyl (C=O) groups excluding carboxylic acids is 1. The Bertz CT molecular complexity index is 240. The average molecular weight is 270 g/mol. The predicted molar refractivity (Wildman–Crippen MR) is 77.0 cm³/mol. The fraction of sp³-hybridized carbons (Fsp3) is 0.938. The highest BCUT2D eigenvalue weighted by molar-refractivity contribution is 5.70. The van der Waals surface area contributed by atoms with Crippen LogP contribution in [0.5, 0.6) is 0 Å². The first kappa shape index (κ1) is 16.5. The van der Waals surface area contributed by atoms with Crippen molar-refractivity contribution in [3.05, 3.63) is 0 Å². The molecule has 0 aliphatic carbocycles. The largest absolute Gasteiger partial charge is 0.460 e. The Balaban J connectivity index is 1.95. The molecule has 1 unspecified atom stereocenters. The highest BCUT2D eigenvalue weighted by Crippen LogP contribution is 2.20. The Morgan fingerprint density at radius 2 is 1.79 bits per heavy atom. The van der Waals surface area contributed by atoms with Gasteiger partial charge in [0.05, 0.1) is 6.10 Å². The van der Waals surface area contributed by atoms with Crippen molar-refractivity contribution in [3.8, 4) is 0 Å². The van der Waals surface area contributed by atoms with Crippen LogP contribution in [0.2, 0.25) is 0 Å². The number of unbranched alkanes of at least 4 members (excludes halogenated alkanes) is 7. The van der Waals surface area contributed by atoms with Crippen LogP contribution in [0.1, 0.15) is 84.0 Å². The van der Waals surface area contributed by atoms with Crippen molar-refractivity contribution in [3.63, 3.8) is 0 Å². The van der Waals surface area contributed by atoms with Gasteiger partial charge in [0.15, 0.2) is 0 Å². The van der Waals surface area contributed by atoms with E-state index < -0.39 is 6.10 Å². The van der Waals surface area contributed by atoms with Crippen LogP contribution < -0.4 is 0 Å². The van der Waals surface area contributed by atoms with Gasteiger partial charge >= 0.3 is 5.97 Å². The molecule has 112 valence electrons. The lowest BCUT2D eigenvalue weighted by Crippen LogP contribution is -2.34. The van der Waals surface area contributed by atoms with Gasteiger partial charge in [0.2, 0.25) is 0 Å². The molecule has 0 aromatic carbocycles. The topological polar surface area (TPSA) is 46.5 Å². The molecule has 0 bridgehead atoms. The summed E-state index contributed by atoms with van der Waals surface area (Å²) in [5.74, 6) is -0.147. The zero-order chi connectivity index (χ0) is 13.9. The number of rotatable bonds is 10. The SMILES string of the molecule is CCCCCCCCCC[C@H](O)C1CCCC(=O)O1. The second kappa shape index (κ2) is 10.2. The first-order valence-electron chi connectivity index (χ1n) is 8.11.